The number of aromatic amines is 2. The highest BCUT2D eigenvalue weighted by Gasteiger charge is 2.48. The van der Waals surface area contributed by atoms with Gasteiger partial charge < -0.3 is 19.8 Å². The zero-order valence-electron chi connectivity index (χ0n) is 35.2. The molecule has 0 radical (unpaired) electrons. The first-order valence-electron chi connectivity index (χ1n) is 21.6. The van der Waals surface area contributed by atoms with Crippen LogP contribution in [0.4, 0.5) is 0 Å². The van der Waals surface area contributed by atoms with Gasteiger partial charge in [0.2, 0.25) is 11.8 Å². The topological polar surface area (TPSA) is 104 Å². The highest BCUT2D eigenvalue weighted by molar-refractivity contribution is 5.85. The third-order valence-corrected chi connectivity index (χ3v) is 13.2. The normalized spacial score (nSPS) is 21.4. The maximum atomic E-state index is 14.6. The summed E-state index contributed by atoms with van der Waals surface area (Å²) in [6, 6.07) is 36.7. The number of nitrogens with zero attached hydrogens (tertiary/aromatic N) is 6. The molecule has 4 aromatic carbocycles. The molecular weight excluding hydrogens is 745 g/mol. The summed E-state index contributed by atoms with van der Waals surface area (Å²) in [5.41, 5.74) is 8.26. The van der Waals surface area contributed by atoms with Crippen molar-refractivity contribution in [2.45, 2.75) is 75.2 Å². The number of hydrogen-bond donors (Lipinski definition) is 2. The average molecular weight is 801 g/mol. The monoisotopic (exact) mass is 800 g/mol. The van der Waals surface area contributed by atoms with Crippen LogP contribution in [0.2, 0.25) is 0 Å². The van der Waals surface area contributed by atoms with E-state index in [4.69, 9.17) is 9.97 Å². The van der Waals surface area contributed by atoms with E-state index in [0.29, 0.717) is 5.92 Å². The van der Waals surface area contributed by atoms with E-state index in [0.717, 1.165) is 101 Å². The lowest BCUT2D eigenvalue weighted by Gasteiger charge is -2.37. The first-order chi connectivity index (χ1) is 29.2. The fourth-order valence-corrected chi connectivity index (χ4v) is 10.2. The molecule has 6 aromatic rings. The Balaban J connectivity index is 0.888. The number of benzene rings is 4. The fraction of sp³-hybridized carbons (Fsp3) is 0.360. The first-order valence-corrected chi connectivity index (χ1v) is 21.6. The van der Waals surface area contributed by atoms with Crippen LogP contribution in [-0.2, 0) is 9.59 Å². The van der Waals surface area contributed by atoms with Crippen molar-refractivity contribution in [2.24, 2.45) is 5.92 Å². The number of hydrogen-bond acceptors (Lipinski definition) is 6. The summed E-state index contributed by atoms with van der Waals surface area (Å²) in [6.07, 6.45) is 11.2. The molecule has 2 aliphatic heterocycles. The molecule has 4 heterocycles. The van der Waals surface area contributed by atoms with Crippen LogP contribution in [0.15, 0.2) is 122 Å². The Labute approximate surface area is 353 Å². The number of likely N-dealkylation sites (tertiary alicyclic amines) is 2. The van der Waals surface area contributed by atoms with Gasteiger partial charge in [-0.1, -0.05) is 122 Å². The highest BCUT2D eigenvalue weighted by atomic mass is 16.2. The molecule has 6 atom stereocenters. The van der Waals surface area contributed by atoms with Crippen LogP contribution in [0, 0.1) is 5.92 Å². The van der Waals surface area contributed by atoms with Gasteiger partial charge in [-0.15, -0.1) is 0 Å². The molecule has 9 rings (SSSR count). The van der Waals surface area contributed by atoms with E-state index < -0.39 is 0 Å². The summed E-state index contributed by atoms with van der Waals surface area (Å²) in [7, 11) is 7.93. The molecule has 60 heavy (non-hydrogen) atoms. The number of aromatic nitrogens is 4. The maximum absolute atomic E-state index is 14.6. The molecule has 2 amide bonds. The summed E-state index contributed by atoms with van der Waals surface area (Å²) < 4.78 is 0. The van der Waals surface area contributed by atoms with E-state index in [1.54, 1.807) is 0 Å². The van der Waals surface area contributed by atoms with E-state index >= 15 is 0 Å². The van der Waals surface area contributed by atoms with Crippen LogP contribution in [0.1, 0.15) is 91.9 Å². The Kier molecular flexibility index (Phi) is 11.2. The lowest BCUT2D eigenvalue weighted by Crippen LogP contribution is -2.46. The molecular formula is C50H56N8O2. The van der Waals surface area contributed by atoms with E-state index in [9.17, 15) is 9.59 Å². The largest absolute Gasteiger partial charge is 0.340 e. The highest BCUT2D eigenvalue weighted by Crippen LogP contribution is 2.47. The van der Waals surface area contributed by atoms with E-state index in [1.807, 2.05) is 104 Å². The van der Waals surface area contributed by atoms with Crippen LogP contribution in [0.5, 0.6) is 0 Å². The van der Waals surface area contributed by atoms with Gasteiger partial charge in [0.05, 0.1) is 35.9 Å². The second-order valence-corrected chi connectivity index (χ2v) is 17.4. The second kappa shape index (κ2) is 17.0. The third-order valence-electron chi connectivity index (χ3n) is 13.2. The summed E-state index contributed by atoms with van der Waals surface area (Å²) in [5.74, 6) is 2.47. The van der Waals surface area contributed by atoms with E-state index in [-0.39, 0.29) is 42.0 Å². The second-order valence-electron chi connectivity index (χ2n) is 17.4. The quantitative estimate of drug-likeness (QED) is 0.136. The summed E-state index contributed by atoms with van der Waals surface area (Å²) in [5, 5.41) is 0. The van der Waals surface area contributed by atoms with Gasteiger partial charge >= 0.3 is 0 Å². The van der Waals surface area contributed by atoms with Gasteiger partial charge in [0.15, 0.2) is 0 Å². The van der Waals surface area contributed by atoms with Crippen LogP contribution in [-0.4, -0.2) is 92.1 Å². The van der Waals surface area contributed by atoms with Gasteiger partial charge in [-0.05, 0) is 99.6 Å². The van der Waals surface area contributed by atoms with Gasteiger partial charge in [-0.2, -0.15) is 0 Å². The Morgan fingerprint density at radius 3 is 1.60 bits per heavy atom. The van der Waals surface area contributed by atoms with Crippen molar-refractivity contribution in [1.29, 1.82) is 0 Å². The molecule has 1 aliphatic carbocycles. The van der Waals surface area contributed by atoms with Crippen LogP contribution >= 0.6 is 0 Å². The molecule has 308 valence electrons. The molecule has 0 bridgehead atoms. The predicted octanol–water partition coefficient (Wildman–Crippen LogP) is 9.24. The number of H-pyrrole nitrogens is 2. The van der Waals surface area contributed by atoms with Gasteiger partial charge in [0.1, 0.15) is 23.7 Å². The van der Waals surface area contributed by atoms with Crippen LogP contribution < -0.4 is 0 Å². The van der Waals surface area contributed by atoms with Crippen molar-refractivity contribution in [2.75, 3.05) is 34.7 Å². The fourth-order valence-electron chi connectivity index (χ4n) is 10.2. The van der Waals surface area contributed by atoms with Crippen molar-refractivity contribution in [3.8, 4) is 33.6 Å². The summed E-state index contributed by atoms with van der Waals surface area (Å²) in [4.78, 5) is 53.7. The number of amides is 2. The molecule has 10 nitrogen and oxygen atoms in total. The molecule has 2 aromatic heterocycles. The maximum Gasteiger partial charge on any atom is 0.245 e. The summed E-state index contributed by atoms with van der Waals surface area (Å²) >= 11 is 0. The molecule has 1 saturated carbocycles. The molecule has 3 aliphatic rings. The lowest BCUT2D eigenvalue weighted by atomic mass is 9.84. The minimum Gasteiger partial charge on any atom is -0.340 e. The number of carbonyl (C=O) groups is 2. The van der Waals surface area contributed by atoms with E-state index in [1.165, 1.54) is 6.42 Å². The van der Waals surface area contributed by atoms with Gasteiger partial charge in [0.25, 0.3) is 0 Å². The number of likely N-dealkylation sites (N-methyl/N-ethyl adjacent to an activating group) is 2. The Morgan fingerprint density at radius 1 is 0.583 bits per heavy atom. The number of fused-ring (bicyclic) bond motifs is 1. The number of carbonyl (C=O) groups excluding carboxylic acids is 2. The van der Waals surface area contributed by atoms with Crippen molar-refractivity contribution in [3.63, 3.8) is 0 Å². The van der Waals surface area contributed by atoms with Gasteiger partial charge in [-0.3, -0.25) is 19.4 Å². The number of imidazole rings is 2. The van der Waals surface area contributed by atoms with Crippen LogP contribution in [0.25, 0.3) is 33.6 Å². The molecule has 10 heteroatoms. The van der Waals surface area contributed by atoms with Crippen molar-refractivity contribution in [1.82, 2.24) is 39.5 Å². The molecule has 0 spiro atoms. The number of nitrogens with one attached hydrogen (secondary N) is 2. The average Bonchev–Trinajstić information content (AvgIpc) is 4.11. The van der Waals surface area contributed by atoms with E-state index in [2.05, 4.69) is 75.5 Å². The minimum absolute atomic E-state index is 0.0797. The summed E-state index contributed by atoms with van der Waals surface area (Å²) in [6.45, 7) is 0.722. The van der Waals surface area contributed by atoms with Gasteiger partial charge in [-0.25, -0.2) is 9.97 Å². The van der Waals surface area contributed by atoms with Crippen molar-refractivity contribution >= 4 is 11.8 Å². The zero-order chi connectivity index (χ0) is 41.3. The molecule has 2 saturated heterocycles. The number of rotatable bonds is 11. The van der Waals surface area contributed by atoms with Crippen molar-refractivity contribution < 1.29 is 9.59 Å². The first kappa shape index (κ1) is 39.6. The minimum atomic E-state index is -0.343. The van der Waals surface area contributed by atoms with Crippen LogP contribution in [0.3, 0.4) is 0 Å². The Morgan fingerprint density at radius 2 is 1.07 bits per heavy atom. The predicted molar refractivity (Wildman–Crippen MR) is 236 cm³/mol. The third kappa shape index (κ3) is 7.70. The molecule has 3 fully saturated rings. The Bertz CT molecular complexity index is 2390. The molecule has 3 unspecified atom stereocenters. The zero-order valence-corrected chi connectivity index (χ0v) is 35.2. The standard InChI is InChI=1S/C50H56N8O2/c1-55(2)45(37-14-7-5-8-15-37)49(59)57-29-13-20-43(57)47-51-31-40(53-47)35-25-21-33(22-26-35)34-23-27-36(28-24-34)41-32-52-48(54-41)44-30-39-18-11-12-19-42(39)58(44)50(60)46(56(3)4)38-16-9-6-10-17-38/h5-10,14-17,21-28,31-32,39,42-46H,11-13,18-20,29-30H2,1-4H3,(H,51,53)(H,52,54)/t39?,42?,43?,44-,45+,46+/m0/s1. The molecule has 2 N–H and O–H groups in total. The van der Waals surface area contributed by atoms with Crippen molar-refractivity contribution in [3.05, 3.63) is 144 Å². The SMILES string of the molecule is CN(C)[C@@H](C(=O)N1CCCC1c1ncc(-c2ccc(-c3ccc(-c4cnc([C@@H]5CC6CCCCC6N5C(=O)[C@@H](c5ccccc5)N(C)C)[nH]4)cc3)cc2)[nH]1)c1ccccc1. The Hall–Kier alpha value is -5.84. The van der Waals surface area contributed by atoms with Gasteiger partial charge in [0, 0.05) is 12.6 Å². The smallest absolute Gasteiger partial charge is 0.245 e. The lowest BCUT2D eigenvalue weighted by molar-refractivity contribution is -0.140.